The molecule has 3 aromatic carbocycles. The molecule has 0 radical (unpaired) electrons. The molecule has 6 nitrogen and oxygen atoms in total. The fraction of sp³-hybridized carbons (Fsp3) is 0. The van der Waals surface area contributed by atoms with Crippen LogP contribution in [-0.4, -0.2) is 27.0 Å². The van der Waals surface area contributed by atoms with Crippen molar-refractivity contribution in [3.63, 3.8) is 0 Å². The number of aromatic nitrogens is 2. The summed E-state index contributed by atoms with van der Waals surface area (Å²) in [6.45, 7) is 0. The third-order valence-corrected chi connectivity index (χ3v) is 5.72. The third kappa shape index (κ3) is 4.58. The van der Waals surface area contributed by atoms with Crippen LogP contribution in [0.5, 0.6) is 0 Å². The molecular formula is C29H21N3O3. The molecular weight excluding hydrogens is 438 g/mol. The van der Waals surface area contributed by atoms with Crippen molar-refractivity contribution in [1.29, 1.82) is 0 Å². The van der Waals surface area contributed by atoms with Crippen LogP contribution in [0.25, 0.3) is 33.8 Å². The number of benzene rings is 3. The number of H-pyrrole nitrogens is 1. The van der Waals surface area contributed by atoms with E-state index in [9.17, 15) is 14.7 Å². The van der Waals surface area contributed by atoms with Crippen LogP contribution in [0.4, 0.5) is 5.69 Å². The highest BCUT2D eigenvalue weighted by molar-refractivity contribution is 6.22. The molecule has 0 aliphatic carbocycles. The van der Waals surface area contributed by atoms with Crippen molar-refractivity contribution in [2.45, 2.75) is 0 Å². The number of aromatic amines is 1. The van der Waals surface area contributed by atoms with Crippen LogP contribution in [0.1, 0.15) is 21.5 Å². The number of rotatable bonds is 6. The van der Waals surface area contributed by atoms with Crippen molar-refractivity contribution < 1.29 is 14.7 Å². The molecule has 0 unspecified atom stereocenters. The first-order valence-electron chi connectivity index (χ1n) is 11.0. The Kier molecular flexibility index (Phi) is 5.92. The Balaban J connectivity index is 1.47. The van der Waals surface area contributed by atoms with Crippen LogP contribution >= 0.6 is 0 Å². The number of carboxylic acids is 1. The molecule has 3 N–H and O–H groups in total. The Labute approximate surface area is 201 Å². The molecule has 1 amide bonds. The molecule has 0 saturated heterocycles. The van der Waals surface area contributed by atoms with E-state index in [1.54, 1.807) is 60.9 Å². The average Bonchev–Trinajstić information content (AvgIpc) is 3.32. The van der Waals surface area contributed by atoms with E-state index in [1.807, 2.05) is 48.5 Å². The molecule has 5 aromatic rings. The van der Waals surface area contributed by atoms with Gasteiger partial charge in [-0.3, -0.25) is 4.79 Å². The number of nitrogens with one attached hydrogen (secondary N) is 2. The number of anilines is 1. The molecule has 35 heavy (non-hydrogen) atoms. The van der Waals surface area contributed by atoms with E-state index in [0.29, 0.717) is 33.4 Å². The fourth-order valence-electron chi connectivity index (χ4n) is 3.98. The van der Waals surface area contributed by atoms with E-state index in [-0.39, 0.29) is 11.5 Å². The molecule has 0 bridgehead atoms. The Hall–Kier alpha value is -4.97. The molecule has 5 rings (SSSR count). The van der Waals surface area contributed by atoms with E-state index in [0.717, 1.165) is 11.1 Å². The molecule has 2 heterocycles. The summed E-state index contributed by atoms with van der Waals surface area (Å²) in [5, 5.41) is 13.4. The largest absolute Gasteiger partial charge is 0.478 e. The minimum absolute atomic E-state index is 0.143. The molecule has 0 fully saturated rings. The minimum Gasteiger partial charge on any atom is -0.478 e. The molecule has 0 aliphatic heterocycles. The van der Waals surface area contributed by atoms with Crippen molar-refractivity contribution in [2.24, 2.45) is 0 Å². The van der Waals surface area contributed by atoms with Crippen LogP contribution < -0.4 is 5.32 Å². The second-order valence-corrected chi connectivity index (χ2v) is 7.95. The molecule has 6 heteroatoms. The number of carbonyl (C=O) groups excluding carboxylic acids is 1. The lowest BCUT2D eigenvalue weighted by Crippen LogP contribution is -2.12. The molecule has 0 aliphatic rings. The van der Waals surface area contributed by atoms with Gasteiger partial charge >= 0.3 is 5.97 Å². The highest BCUT2D eigenvalue weighted by Gasteiger charge is 2.16. The lowest BCUT2D eigenvalue weighted by atomic mass is 10.0. The summed E-state index contributed by atoms with van der Waals surface area (Å²) >= 11 is 0. The third-order valence-electron chi connectivity index (χ3n) is 5.72. The Morgan fingerprint density at radius 1 is 0.800 bits per heavy atom. The van der Waals surface area contributed by atoms with Gasteiger partial charge in [-0.1, -0.05) is 72.8 Å². The maximum Gasteiger partial charge on any atom is 0.336 e. The van der Waals surface area contributed by atoms with E-state index in [2.05, 4.69) is 15.3 Å². The van der Waals surface area contributed by atoms with Crippen LogP contribution in [0.3, 0.4) is 0 Å². The normalized spacial score (nSPS) is 11.4. The summed E-state index contributed by atoms with van der Waals surface area (Å²) in [5.74, 6) is -1.31. The van der Waals surface area contributed by atoms with Crippen molar-refractivity contribution >= 4 is 40.2 Å². The van der Waals surface area contributed by atoms with Crippen LogP contribution in [-0.2, 0) is 4.79 Å². The van der Waals surface area contributed by atoms with Crippen LogP contribution in [0, 0.1) is 0 Å². The minimum atomic E-state index is -1.04. The van der Waals surface area contributed by atoms with Crippen LogP contribution in [0.2, 0.25) is 0 Å². The highest BCUT2D eigenvalue weighted by atomic mass is 16.4. The van der Waals surface area contributed by atoms with Gasteiger partial charge in [0.1, 0.15) is 5.65 Å². The van der Waals surface area contributed by atoms with Gasteiger partial charge in [-0.25, -0.2) is 9.78 Å². The molecule has 170 valence electrons. The fourth-order valence-corrected chi connectivity index (χ4v) is 3.98. The van der Waals surface area contributed by atoms with Gasteiger partial charge in [0.15, 0.2) is 0 Å². The van der Waals surface area contributed by atoms with Crippen molar-refractivity contribution in [2.75, 3.05) is 5.32 Å². The summed E-state index contributed by atoms with van der Waals surface area (Å²) in [5.41, 5.74) is 5.04. The molecule has 0 atom stereocenters. The second kappa shape index (κ2) is 9.49. The summed E-state index contributed by atoms with van der Waals surface area (Å²) in [7, 11) is 0. The quantitative estimate of drug-likeness (QED) is 0.267. The lowest BCUT2D eigenvalue weighted by molar-refractivity contribution is -0.130. The number of amides is 1. The molecule has 2 aromatic heterocycles. The summed E-state index contributed by atoms with van der Waals surface area (Å²) in [6.07, 6.45) is 4.87. The van der Waals surface area contributed by atoms with Gasteiger partial charge in [0, 0.05) is 28.9 Å². The van der Waals surface area contributed by atoms with E-state index in [1.165, 1.54) is 0 Å². The smallest absolute Gasteiger partial charge is 0.336 e. The number of carbonyl (C=O) groups is 2. The predicted molar refractivity (Wildman–Crippen MR) is 138 cm³/mol. The van der Waals surface area contributed by atoms with E-state index in [4.69, 9.17) is 0 Å². The van der Waals surface area contributed by atoms with Gasteiger partial charge in [-0.15, -0.1) is 0 Å². The van der Waals surface area contributed by atoms with Gasteiger partial charge < -0.3 is 15.4 Å². The predicted octanol–water partition coefficient (Wildman–Crippen LogP) is 6.11. The monoisotopic (exact) mass is 459 g/mol. The topological polar surface area (TPSA) is 95.1 Å². The van der Waals surface area contributed by atoms with Gasteiger partial charge in [-0.05, 0) is 41.0 Å². The van der Waals surface area contributed by atoms with Crippen molar-refractivity contribution in [3.8, 4) is 11.1 Å². The van der Waals surface area contributed by atoms with Crippen molar-refractivity contribution in [3.05, 3.63) is 120 Å². The first-order chi connectivity index (χ1) is 17.1. The highest BCUT2D eigenvalue weighted by Crippen LogP contribution is 2.29. The number of fused-ring (bicyclic) bond motifs is 1. The zero-order valence-electron chi connectivity index (χ0n) is 18.6. The number of hydrogen-bond acceptors (Lipinski definition) is 3. The Bertz CT molecular complexity index is 1540. The summed E-state index contributed by atoms with van der Waals surface area (Å²) < 4.78 is 0. The Morgan fingerprint density at radius 3 is 2.14 bits per heavy atom. The lowest BCUT2D eigenvalue weighted by Gasteiger charge is -2.09. The van der Waals surface area contributed by atoms with E-state index < -0.39 is 5.97 Å². The maximum atomic E-state index is 13.0. The molecule has 0 saturated carbocycles. The van der Waals surface area contributed by atoms with E-state index >= 15 is 0 Å². The molecule has 0 spiro atoms. The SMILES string of the molecule is O=C(O)C(=Cc1c[nH]c2nccc(NC(=O)c3ccc(-c4ccccc4)cc3)c12)c1ccccc1. The number of carboxylic acid groups (broad SMARTS) is 1. The summed E-state index contributed by atoms with van der Waals surface area (Å²) in [4.78, 5) is 32.4. The van der Waals surface area contributed by atoms with Gasteiger partial charge in [0.2, 0.25) is 0 Å². The standard InChI is InChI=1S/C29H21N3O3/c33-28(22-13-11-20(12-14-22)19-7-3-1-4-8-19)32-25-15-16-30-27-26(25)23(18-31-27)17-24(29(34)35)21-9-5-2-6-10-21/h1-18H,(H,34,35)(H2,30,31,32,33). The number of nitrogens with zero attached hydrogens (tertiary/aromatic N) is 1. The zero-order chi connectivity index (χ0) is 24.2. The van der Waals surface area contributed by atoms with Crippen LogP contribution in [0.15, 0.2) is 103 Å². The zero-order valence-corrected chi connectivity index (χ0v) is 18.6. The van der Waals surface area contributed by atoms with Gasteiger partial charge in [0.05, 0.1) is 11.3 Å². The summed E-state index contributed by atoms with van der Waals surface area (Å²) in [6, 6.07) is 27.9. The van der Waals surface area contributed by atoms with Gasteiger partial charge in [-0.2, -0.15) is 0 Å². The second-order valence-electron chi connectivity index (χ2n) is 7.95. The average molecular weight is 460 g/mol. The Morgan fingerprint density at radius 2 is 1.46 bits per heavy atom. The van der Waals surface area contributed by atoms with Crippen molar-refractivity contribution in [1.82, 2.24) is 9.97 Å². The maximum absolute atomic E-state index is 13.0. The first-order valence-corrected chi connectivity index (χ1v) is 11.0. The first kappa shape index (κ1) is 21.9. The number of aliphatic carboxylic acids is 1. The number of pyridine rings is 1. The van der Waals surface area contributed by atoms with Gasteiger partial charge in [0.25, 0.3) is 5.91 Å². The number of hydrogen-bond donors (Lipinski definition) is 3.